The third-order valence-corrected chi connectivity index (χ3v) is 5.25. The highest BCUT2D eigenvalue weighted by atomic mass is 19.4. The minimum atomic E-state index is -4.39. The molecule has 33 heavy (non-hydrogen) atoms. The highest BCUT2D eigenvalue weighted by molar-refractivity contribution is 5.96. The standard InChI is InChI=1S/C25H25F3O5/c1-23(2,3)22(31)32-15-24(14-29)13-19(21(30)33-24)12-16-4-6-17(7-5-16)18-8-10-20(11-9-18)25(26,27)28/h4-12,29H,13-15H2,1-3H3/b19-12-. The van der Waals surface area contributed by atoms with Gasteiger partial charge in [-0.1, -0.05) is 36.4 Å². The van der Waals surface area contributed by atoms with Crippen LogP contribution < -0.4 is 0 Å². The normalized spacial score (nSPS) is 20.1. The van der Waals surface area contributed by atoms with E-state index in [0.717, 1.165) is 17.7 Å². The van der Waals surface area contributed by atoms with Crippen LogP contribution in [0.2, 0.25) is 0 Å². The Hall–Kier alpha value is -3.13. The van der Waals surface area contributed by atoms with Gasteiger partial charge >= 0.3 is 18.1 Å². The number of hydrogen-bond acceptors (Lipinski definition) is 5. The van der Waals surface area contributed by atoms with E-state index in [0.29, 0.717) is 16.7 Å². The van der Waals surface area contributed by atoms with Crippen molar-refractivity contribution in [3.05, 3.63) is 65.2 Å². The Morgan fingerprint density at radius 3 is 2.09 bits per heavy atom. The van der Waals surface area contributed by atoms with Gasteiger partial charge in [-0.2, -0.15) is 13.2 Å². The van der Waals surface area contributed by atoms with Gasteiger partial charge in [0.05, 0.1) is 17.6 Å². The maximum atomic E-state index is 12.7. The average Bonchev–Trinajstić information content (AvgIpc) is 3.07. The molecule has 0 aliphatic carbocycles. The summed E-state index contributed by atoms with van der Waals surface area (Å²) < 4.78 is 48.8. The molecule has 1 fully saturated rings. The smallest absolute Gasteiger partial charge is 0.416 e. The van der Waals surface area contributed by atoms with Gasteiger partial charge < -0.3 is 14.6 Å². The van der Waals surface area contributed by atoms with Crippen molar-refractivity contribution in [2.75, 3.05) is 13.2 Å². The average molecular weight is 462 g/mol. The Balaban J connectivity index is 1.73. The third-order valence-electron chi connectivity index (χ3n) is 5.25. The Kier molecular flexibility index (Phi) is 6.70. The lowest BCUT2D eigenvalue weighted by Gasteiger charge is -2.26. The van der Waals surface area contributed by atoms with Gasteiger partial charge in [0.1, 0.15) is 6.61 Å². The molecule has 8 heteroatoms. The maximum absolute atomic E-state index is 12.7. The zero-order chi connectivity index (χ0) is 24.4. The zero-order valence-electron chi connectivity index (χ0n) is 18.5. The number of aliphatic hydroxyl groups is 1. The van der Waals surface area contributed by atoms with E-state index in [1.54, 1.807) is 51.1 Å². The summed E-state index contributed by atoms with van der Waals surface area (Å²) in [6.45, 7) is 4.33. The first-order valence-electron chi connectivity index (χ1n) is 10.3. The van der Waals surface area contributed by atoms with Crippen molar-refractivity contribution < 1.29 is 37.3 Å². The topological polar surface area (TPSA) is 72.8 Å². The second-order valence-corrected chi connectivity index (χ2v) is 9.10. The number of rotatable bonds is 5. The molecule has 1 saturated heterocycles. The van der Waals surface area contributed by atoms with Crippen molar-refractivity contribution in [2.45, 2.75) is 39.0 Å². The van der Waals surface area contributed by atoms with Crippen molar-refractivity contribution in [3.63, 3.8) is 0 Å². The lowest BCUT2D eigenvalue weighted by molar-refractivity contribution is -0.171. The van der Waals surface area contributed by atoms with Crippen molar-refractivity contribution in [1.29, 1.82) is 0 Å². The van der Waals surface area contributed by atoms with E-state index in [9.17, 15) is 27.9 Å². The van der Waals surface area contributed by atoms with Crippen LogP contribution in [0.15, 0.2) is 54.1 Å². The van der Waals surface area contributed by atoms with E-state index < -0.39 is 41.3 Å². The number of cyclic esters (lactones) is 1. The molecule has 5 nitrogen and oxygen atoms in total. The molecule has 176 valence electrons. The van der Waals surface area contributed by atoms with Crippen LogP contribution in [0.1, 0.15) is 38.3 Å². The summed E-state index contributed by atoms with van der Waals surface area (Å²) in [4.78, 5) is 24.4. The fraction of sp³-hybridized carbons (Fsp3) is 0.360. The van der Waals surface area contributed by atoms with Crippen LogP contribution >= 0.6 is 0 Å². The van der Waals surface area contributed by atoms with Crippen LogP contribution in [-0.2, 0) is 25.2 Å². The molecule has 0 saturated carbocycles. The summed E-state index contributed by atoms with van der Waals surface area (Å²) in [5, 5.41) is 9.80. The number of halogens is 3. The molecule has 0 amide bonds. The first-order chi connectivity index (χ1) is 15.3. The molecule has 3 rings (SSSR count). The molecule has 1 aliphatic heterocycles. The minimum absolute atomic E-state index is 0.0699. The number of alkyl halides is 3. The van der Waals surface area contributed by atoms with E-state index in [-0.39, 0.29) is 13.0 Å². The van der Waals surface area contributed by atoms with E-state index in [1.165, 1.54) is 12.1 Å². The Bertz CT molecular complexity index is 1050. The number of carbonyl (C=O) groups excluding carboxylic acids is 2. The monoisotopic (exact) mass is 462 g/mol. The molecule has 2 aromatic rings. The van der Waals surface area contributed by atoms with E-state index in [2.05, 4.69) is 0 Å². The van der Waals surface area contributed by atoms with Crippen LogP contribution in [0.3, 0.4) is 0 Å². The lowest BCUT2D eigenvalue weighted by Crippen LogP contribution is -2.40. The zero-order valence-corrected chi connectivity index (χ0v) is 18.5. The molecule has 0 radical (unpaired) electrons. The van der Waals surface area contributed by atoms with Crippen LogP contribution in [0.25, 0.3) is 17.2 Å². The number of carbonyl (C=O) groups is 2. The summed E-state index contributed by atoms with van der Waals surface area (Å²) >= 11 is 0. The van der Waals surface area contributed by atoms with Crippen LogP contribution in [-0.4, -0.2) is 35.9 Å². The number of benzene rings is 2. The van der Waals surface area contributed by atoms with E-state index in [1.807, 2.05) is 0 Å². The summed E-state index contributed by atoms with van der Waals surface area (Å²) in [6.07, 6.45) is -2.71. The van der Waals surface area contributed by atoms with Gasteiger partial charge in [0.15, 0.2) is 5.60 Å². The molecule has 1 aliphatic rings. The molecule has 1 heterocycles. The predicted molar refractivity (Wildman–Crippen MR) is 116 cm³/mol. The van der Waals surface area contributed by atoms with Crippen molar-refractivity contribution >= 4 is 18.0 Å². The minimum Gasteiger partial charge on any atom is -0.461 e. The largest absolute Gasteiger partial charge is 0.461 e. The quantitative estimate of drug-likeness (QED) is 0.499. The maximum Gasteiger partial charge on any atom is 0.416 e. The van der Waals surface area contributed by atoms with E-state index >= 15 is 0 Å². The second-order valence-electron chi connectivity index (χ2n) is 9.10. The fourth-order valence-electron chi connectivity index (χ4n) is 3.28. The summed E-state index contributed by atoms with van der Waals surface area (Å²) in [6, 6.07) is 11.8. The highest BCUT2D eigenvalue weighted by Crippen LogP contribution is 2.34. The first-order valence-corrected chi connectivity index (χ1v) is 10.3. The molecule has 1 atom stereocenters. The third kappa shape index (κ3) is 5.82. The highest BCUT2D eigenvalue weighted by Gasteiger charge is 2.45. The van der Waals surface area contributed by atoms with Crippen molar-refractivity contribution in [2.24, 2.45) is 5.41 Å². The Labute approximate surface area is 189 Å². The van der Waals surface area contributed by atoms with Crippen LogP contribution in [0.4, 0.5) is 13.2 Å². The molecule has 0 bridgehead atoms. The fourth-order valence-corrected chi connectivity index (χ4v) is 3.28. The Morgan fingerprint density at radius 1 is 1.06 bits per heavy atom. The Morgan fingerprint density at radius 2 is 1.61 bits per heavy atom. The van der Waals surface area contributed by atoms with Gasteiger partial charge in [0.25, 0.3) is 0 Å². The predicted octanol–water partition coefficient (Wildman–Crippen LogP) is 5.02. The number of hydrogen-bond donors (Lipinski definition) is 1. The molecular formula is C25H25F3O5. The first kappa shape index (κ1) is 24.5. The van der Waals surface area contributed by atoms with Gasteiger partial charge in [-0.25, -0.2) is 4.79 Å². The summed E-state index contributed by atoms with van der Waals surface area (Å²) in [5.74, 6) is -1.08. The summed E-state index contributed by atoms with van der Waals surface area (Å²) in [7, 11) is 0. The van der Waals surface area contributed by atoms with Gasteiger partial charge in [-0.3, -0.25) is 4.79 Å². The lowest BCUT2D eigenvalue weighted by atomic mass is 9.96. The van der Waals surface area contributed by atoms with Gasteiger partial charge in [0.2, 0.25) is 0 Å². The SMILES string of the molecule is CC(C)(C)C(=O)OCC1(CO)C/C(=C/c2ccc(-c3ccc(C(F)(F)F)cc3)cc2)C(=O)O1. The molecule has 1 unspecified atom stereocenters. The number of aliphatic hydroxyl groups excluding tert-OH is 1. The molecule has 0 aromatic heterocycles. The second kappa shape index (κ2) is 9.02. The van der Waals surface area contributed by atoms with Crippen molar-refractivity contribution in [3.8, 4) is 11.1 Å². The molecule has 1 N–H and O–H groups in total. The number of esters is 2. The molecule has 0 spiro atoms. The van der Waals surface area contributed by atoms with E-state index in [4.69, 9.17) is 9.47 Å². The van der Waals surface area contributed by atoms with Gasteiger partial charge in [-0.05, 0) is 55.7 Å². The number of ether oxygens (including phenoxy) is 2. The molecular weight excluding hydrogens is 437 g/mol. The summed E-state index contributed by atoms with van der Waals surface area (Å²) in [5.41, 5.74) is -0.429. The van der Waals surface area contributed by atoms with Crippen LogP contribution in [0, 0.1) is 5.41 Å². The molecule has 2 aromatic carbocycles. The van der Waals surface area contributed by atoms with Gasteiger partial charge in [-0.15, -0.1) is 0 Å². The van der Waals surface area contributed by atoms with Crippen molar-refractivity contribution in [1.82, 2.24) is 0 Å². The van der Waals surface area contributed by atoms with Crippen LogP contribution in [0.5, 0.6) is 0 Å². The van der Waals surface area contributed by atoms with Gasteiger partial charge in [0, 0.05) is 12.0 Å².